The van der Waals surface area contributed by atoms with E-state index in [2.05, 4.69) is 94.1 Å². The fourth-order valence-electron chi connectivity index (χ4n) is 3.20. The van der Waals surface area contributed by atoms with E-state index in [0.717, 1.165) is 35.5 Å². The minimum absolute atomic E-state index is 0.777. The lowest BCUT2D eigenvalue weighted by atomic mass is 10.2. The molecule has 2 aromatic carbocycles. The summed E-state index contributed by atoms with van der Waals surface area (Å²) in [5.74, 6) is 0.952. The lowest BCUT2D eigenvalue weighted by Crippen LogP contribution is -2.20. The van der Waals surface area contributed by atoms with Crippen LogP contribution in [0.1, 0.15) is 26.2 Å². The summed E-state index contributed by atoms with van der Waals surface area (Å²) in [6.07, 6.45) is 5.60. The van der Waals surface area contributed by atoms with Gasteiger partial charge in [0.2, 0.25) is 0 Å². The van der Waals surface area contributed by atoms with Crippen LogP contribution in [0, 0.1) is 0 Å². The van der Waals surface area contributed by atoms with E-state index in [0.29, 0.717) is 0 Å². The van der Waals surface area contributed by atoms with Crippen LogP contribution in [-0.4, -0.2) is 36.2 Å². The molecule has 0 atom stereocenters. The Hall–Kier alpha value is -1.78. The van der Waals surface area contributed by atoms with Crippen LogP contribution in [-0.2, 0) is 0 Å². The van der Waals surface area contributed by atoms with E-state index >= 15 is 0 Å². The second kappa shape index (κ2) is 9.24. The van der Waals surface area contributed by atoms with E-state index in [1.807, 2.05) is 0 Å². The normalized spacial score (nSPS) is 11.4. The summed E-state index contributed by atoms with van der Waals surface area (Å²) in [6.45, 7) is 5.32. The fourth-order valence-corrected chi connectivity index (χ4v) is 3.47. The van der Waals surface area contributed by atoms with Crippen LogP contribution in [0.15, 0.2) is 59.2 Å². The van der Waals surface area contributed by atoms with Crippen molar-refractivity contribution in [3.8, 4) is 11.4 Å². The second-order valence-corrected chi connectivity index (χ2v) is 7.66. The molecule has 0 saturated carbocycles. The maximum atomic E-state index is 5.95. The number of rotatable bonds is 9. The highest BCUT2D eigenvalue weighted by atomic mass is 79.9. The van der Waals surface area contributed by atoms with E-state index in [1.165, 1.54) is 30.3 Å². The number of nitrogens with zero attached hydrogens (tertiary/aromatic N) is 2. The van der Waals surface area contributed by atoms with Gasteiger partial charge < -0.3 is 14.2 Å². The predicted octanol–water partition coefficient (Wildman–Crippen LogP) is 5.89. The van der Waals surface area contributed by atoms with E-state index < -0.39 is 0 Å². The van der Waals surface area contributed by atoms with Gasteiger partial charge in [-0.25, -0.2) is 0 Å². The van der Waals surface area contributed by atoms with Gasteiger partial charge in [-0.1, -0.05) is 22.9 Å². The van der Waals surface area contributed by atoms with Crippen molar-refractivity contribution in [2.45, 2.75) is 26.2 Å². The molecule has 0 aliphatic heterocycles. The maximum absolute atomic E-state index is 5.95. The van der Waals surface area contributed by atoms with Gasteiger partial charge in [0.05, 0.1) is 12.1 Å². The molecular weight excluding hydrogens is 388 g/mol. The van der Waals surface area contributed by atoms with Gasteiger partial charge in [-0.3, -0.25) is 0 Å². The number of fused-ring (bicyclic) bond motifs is 1. The van der Waals surface area contributed by atoms with Crippen LogP contribution in [0.3, 0.4) is 0 Å². The van der Waals surface area contributed by atoms with Gasteiger partial charge in [0.25, 0.3) is 0 Å². The first-order valence-corrected chi connectivity index (χ1v) is 10.1. The lowest BCUT2D eigenvalue weighted by Gasteiger charge is -2.15. The molecule has 0 saturated heterocycles. The van der Waals surface area contributed by atoms with Gasteiger partial charge in [0, 0.05) is 21.7 Å². The summed E-state index contributed by atoms with van der Waals surface area (Å²) < 4.78 is 9.25. The Balaban J connectivity index is 1.57. The zero-order chi connectivity index (χ0) is 18.4. The van der Waals surface area contributed by atoms with Crippen molar-refractivity contribution in [2.24, 2.45) is 0 Å². The lowest BCUT2D eigenvalue weighted by molar-refractivity contribution is 0.279. The molecule has 3 rings (SSSR count). The predicted molar refractivity (Wildman–Crippen MR) is 113 cm³/mol. The number of halogens is 1. The van der Waals surface area contributed by atoms with Crippen molar-refractivity contribution in [1.82, 2.24) is 9.47 Å². The van der Waals surface area contributed by atoms with Gasteiger partial charge >= 0.3 is 0 Å². The van der Waals surface area contributed by atoms with Crippen molar-refractivity contribution < 1.29 is 4.74 Å². The Labute approximate surface area is 164 Å². The van der Waals surface area contributed by atoms with Gasteiger partial charge in [0.1, 0.15) is 5.75 Å². The molecule has 3 nitrogen and oxygen atoms in total. The molecule has 26 heavy (non-hydrogen) atoms. The molecule has 1 aromatic heterocycles. The molecule has 0 radical (unpaired) electrons. The molecule has 0 aliphatic rings. The summed E-state index contributed by atoms with van der Waals surface area (Å²) in [7, 11) is 2.19. The average molecular weight is 415 g/mol. The third kappa shape index (κ3) is 4.89. The SMILES string of the molecule is CCCN(C)CCCCOc1ccc2c(ccn2-c2ccc(Br)cc2)c1. The smallest absolute Gasteiger partial charge is 0.120 e. The number of aromatic nitrogens is 1. The molecular formula is C22H27BrN2O. The topological polar surface area (TPSA) is 17.4 Å². The van der Waals surface area contributed by atoms with Crippen LogP contribution in [0.4, 0.5) is 0 Å². The fraction of sp³-hybridized carbons (Fsp3) is 0.364. The Morgan fingerprint density at radius 1 is 1.00 bits per heavy atom. The molecule has 4 heteroatoms. The van der Waals surface area contributed by atoms with Gasteiger partial charge in [-0.15, -0.1) is 0 Å². The van der Waals surface area contributed by atoms with E-state index in [9.17, 15) is 0 Å². The number of hydrogen-bond acceptors (Lipinski definition) is 2. The summed E-state index contributed by atoms with van der Waals surface area (Å²) >= 11 is 3.49. The van der Waals surface area contributed by atoms with Crippen LogP contribution in [0.25, 0.3) is 16.6 Å². The zero-order valence-electron chi connectivity index (χ0n) is 15.6. The second-order valence-electron chi connectivity index (χ2n) is 6.74. The summed E-state index contributed by atoms with van der Waals surface area (Å²) in [6, 6.07) is 16.8. The van der Waals surface area contributed by atoms with E-state index in [1.54, 1.807) is 0 Å². The quantitative estimate of drug-likeness (QED) is 0.405. The minimum atomic E-state index is 0.777. The standard InChI is InChI=1S/C22H27BrN2O/c1-3-13-24(2)14-4-5-16-26-21-10-11-22-18(17-21)12-15-25(22)20-8-6-19(23)7-9-20/h6-12,15,17H,3-5,13-14,16H2,1-2H3. The van der Waals surface area contributed by atoms with Crippen LogP contribution in [0.2, 0.25) is 0 Å². The largest absolute Gasteiger partial charge is 0.494 e. The van der Waals surface area contributed by atoms with Gasteiger partial charge in [0.15, 0.2) is 0 Å². The first kappa shape index (κ1) is 19.0. The Bertz CT molecular complexity index is 826. The van der Waals surface area contributed by atoms with Gasteiger partial charge in [-0.2, -0.15) is 0 Å². The first-order chi connectivity index (χ1) is 12.7. The molecule has 0 bridgehead atoms. The van der Waals surface area contributed by atoms with Crippen LogP contribution >= 0.6 is 15.9 Å². The van der Waals surface area contributed by atoms with Crippen molar-refractivity contribution in [3.63, 3.8) is 0 Å². The Morgan fingerprint density at radius 3 is 2.58 bits per heavy atom. The highest BCUT2D eigenvalue weighted by Gasteiger charge is 2.05. The van der Waals surface area contributed by atoms with Crippen LogP contribution < -0.4 is 4.74 Å². The minimum Gasteiger partial charge on any atom is -0.494 e. The third-order valence-electron chi connectivity index (χ3n) is 4.57. The Morgan fingerprint density at radius 2 is 1.81 bits per heavy atom. The molecule has 0 fully saturated rings. The highest BCUT2D eigenvalue weighted by Crippen LogP contribution is 2.25. The average Bonchev–Trinajstić information content (AvgIpc) is 3.05. The van der Waals surface area contributed by atoms with Crippen LogP contribution in [0.5, 0.6) is 5.75 Å². The molecule has 0 N–H and O–H groups in total. The van der Waals surface area contributed by atoms with Crippen molar-refractivity contribution in [2.75, 3.05) is 26.7 Å². The monoisotopic (exact) mass is 414 g/mol. The summed E-state index contributed by atoms with van der Waals surface area (Å²) in [5.41, 5.74) is 2.36. The van der Waals surface area contributed by atoms with Gasteiger partial charge in [-0.05, 0) is 87.9 Å². The number of ether oxygens (including phenoxy) is 1. The van der Waals surface area contributed by atoms with Crippen molar-refractivity contribution in [1.29, 1.82) is 0 Å². The number of unbranched alkanes of at least 4 members (excludes halogenated alkanes) is 1. The van der Waals surface area contributed by atoms with E-state index in [-0.39, 0.29) is 0 Å². The molecule has 138 valence electrons. The number of hydrogen-bond donors (Lipinski definition) is 0. The third-order valence-corrected chi connectivity index (χ3v) is 5.10. The highest BCUT2D eigenvalue weighted by molar-refractivity contribution is 9.10. The summed E-state index contributed by atoms with van der Waals surface area (Å²) in [5, 5.41) is 1.20. The molecule has 0 spiro atoms. The van der Waals surface area contributed by atoms with Crippen molar-refractivity contribution in [3.05, 3.63) is 59.2 Å². The zero-order valence-corrected chi connectivity index (χ0v) is 17.2. The first-order valence-electron chi connectivity index (χ1n) is 9.36. The molecule has 3 aromatic rings. The van der Waals surface area contributed by atoms with E-state index in [4.69, 9.17) is 4.74 Å². The maximum Gasteiger partial charge on any atom is 0.120 e. The Kier molecular flexibility index (Phi) is 6.75. The molecule has 1 heterocycles. The number of benzene rings is 2. The molecule has 0 unspecified atom stereocenters. The summed E-state index contributed by atoms with van der Waals surface area (Å²) in [4.78, 5) is 2.39. The molecule has 0 aliphatic carbocycles. The van der Waals surface area contributed by atoms with Crippen molar-refractivity contribution >= 4 is 26.8 Å². The molecule has 0 amide bonds.